The zero-order valence-corrected chi connectivity index (χ0v) is 12.5. The number of ether oxygens (including phenoxy) is 1. The Bertz CT molecular complexity index is 692. The van der Waals surface area contributed by atoms with E-state index in [4.69, 9.17) is 4.74 Å². The third-order valence-electron chi connectivity index (χ3n) is 3.46. The normalized spacial score (nSPS) is 13.1. The minimum atomic E-state index is -0.436. The Morgan fingerprint density at radius 2 is 2.05 bits per heavy atom. The van der Waals surface area contributed by atoms with Gasteiger partial charge in [-0.25, -0.2) is 4.79 Å². The number of thiophene rings is 1. The van der Waals surface area contributed by atoms with Gasteiger partial charge in [-0.3, -0.25) is 4.79 Å². The van der Waals surface area contributed by atoms with Gasteiger partial charge in [0.2, 0.25) is 0 Å². The summed E-state index contributed by atoms with van der Waals surface area (Å²) in [6.45, 7) is 2.35. The van der Waals surface area contributed by atoms with Crippen molar-refractivity contribution < 1.29 is 14.3 Å². The van der Waals surface area contributed by atoms with Gasteiger partial charge < -0.3 is 9.64 Å². The molecule has 0 fully saturated rings. The molecule has 0 saturated heterocycles. The molecule has 108 valence electrons. The van der Waals surface area contributed by atoms with Crippen LogP contribution in [0.25, 0.3) is 0 Å². The van der Waals surface area contributed by atoms with Crippen molar-refractivity contribution in [2.75, 3.05) is 18.1 Å². The van der Waals surface area contributed by atoms with E-state index in [9.17, 15) is 9.59 Å². The fourth-order valence-corrected chi connectivity index (χ4v) is 3.18. The maximum atomic E-state index is 12.2. The lowest BCUT2D eigenvalue weighted by Gasteiger charge is -2.16. The number of hydrogen-bond acceptors (Lipinski definition) is 4. The molecule has 0 unspecified atom stereocenters. The fraction of sp³-hybridized carbons (Fsp3) is 0.250. The van der Waals surface area contributed by atoms with E-state index in [-0.39, 0.29) is 12.5 Å². The van der Waals surface area contributed by atoms with Gasteiger partial charge in [-0.1, -0.05) is 18.2 Å². The van der Waals surface area contributed by atoms with Crippen LogP contribution >= 0.6 is 11.3 Å². The highest BCUT2D eigenvalue weighted by Crippen LogP contribution is 2.27. The van der Waals surface area contributed by atoms with E-state index in [0.717, 1.165) is 22.5 Å². The molecule has 4 nitrogen and oxygen atoms in total. The van der Waals surface area contributed by atoms with E-state index in [1.807, 2.05) is 37.3 Å². The van der Waals surface area contributed by atoms with Gasteiger partial charge in [-0.15, -0.1) is 11.3 Å². The molecular weight excluding hydrogens is 286 g/mol. The van der Waals surface area contributed by atoms with E-state index in [1.54, 1.807) is 11.0 Å². The molecule has 1 aliphatic rings. The van der Waals surface area contributed by atoms with Crippen molar-refractivity contribution in [3.63, 3.8) is 0 Å². The van der Waals surface area contributed by atoms with Crippen LogP contribution in [0.1, 0.15) is 20.1 Å². The van der Waals surface area contributed by atoms with E-state index < -0.39 is 5.97 Å². The summed E-state index contributed by atoms with van der Waals surface area (Å²) in [6, 6.07) is 11.4. The van der Waals surface area contributed by atoms with Gasteiger partial charge in [-0.05, 0) is 37.1 Å². The maximum absolute atomic E-state index is 12.2. The molecule has 0 bridgehead atoms. The molecule has 1 aliphatic heterocycles. The molecule has 5 heteroatoms. The quantitative estimate of drug-likeness (QED) is 0.819. The Labute approximate surface area is 127 Å². The number of fused-ring (bicyclic) bond motifs is 1. The largest absolute Gasteiger partial charge is 0.451 e. The van der Waals surface area contributed by atoms with Crippen LogP contribution in [0.2, 0.25) is 0 Å². The number of esters is 1. The Morgan fingerprint density at radius 1 is 1.24 bits per heavy atom. The summed E-state index contributed by atoms with van der Waals surface area (Å²) in [7, 11) is 0. The SMILES string of the molecule is Cc1ccc(C(=O)OCC(=O)N2CCc3ccccc32)s1. The average molecular weight is 301 g/mol. The number of carbonyl (C=O) groups is 2. The van der Waals surface area contributed by atoms with Crippen LogP contribution in [0.3, 0.4) is 0 Å². The first-order valence-electron chi connectivity index (χ1n) is 6.77. The summed E-state index contributed by atoms with van der Waals surface area (Å²) in [4.78, 5) is 27.3. The van der Waals surface area contributed by atoms with Gasteiger partial charge in [0.05, 0.1) is 0 Å². The predicted octanol–water partition coefficient (Wildman–Crippen LogP) is 2.80. The van der Waals surface area contributed by atoms with Gasteiger partial charge in [0.15, 0.2) is 6.61 Å². The lowest BCUT2D eigenvalue weighted by molar-refractivity contribution is -0.121. The molecule has 0 N–H and O–H groups in total. The van der Waals surface area contributed by atoms with Crippen LogP contribution in [0.4, 0.5) is 5.69 Å². The molecule has 0 saturated carbocycles. The third kappa shape index (κ3) is 2.83. The monoisotopic (exact) mass is 301 g/mol. The number of hydrogen-bond donors (Lipinski definition) is 0. The number of carbonyl (C=O) groups excluding carboxylic acids is 2. The van der Waals surface area contributed by atoms with Crippen LogP contribution in [0.5, 0.6) is 0 Å². The van der Waals surface area contributed by atoms with Gasteiger partial charge in [0.25, 0.3) is 5.91 Å². The van der Waals surface area contributed by atoms with E-state index in [1.165, 1.54) is 11.3 Å². The number of aryl methyl sites for hydroxylation is 1. The molecule has 1 aromatic heterocycles. The molecule has 0 spiro atoms. The highest BCUT2D eigenvalue weighted by molar-refractivity contribution is 7.13. The molecular formula is C16H15NO3S. The average Bonchev–Trinajstić information content (AvgIpc) is 3.10. The number of amides is 1. The molecule has 1 amide bonds. The second-order valence-corrected chi connectivity index (χ2v) is 6.20. The van der Waals surface area contributed by atoms with Crippen LogP contribution < -0.4 is 4.90 Å². The van der Waals surface area contributed by atoms with Crippen molar-refractivity contribution in [1.29, 1.82) is 0 Å². The lowest BCUT2D eigenvalue weighted by atomic mass is 10.2. The minimum absolute atomic E-state index is 0.179. The van der Waals surface area contributed by atoms with Gasteiger partial charge in [-0.2, -0.15) is 0 Å². The number of anilines is 1. The van der Waals surface area contributed by atoms with E-state index in [2.05, 4.69) is 0 Å². The fourth-order valence-electron chi connectivity index (χ4n) is 2.42. The minimum Gasteiger partial charge on any atom is -0.451 e. The Morgan fingerprint density at radius 3 is 2.81 bits per heavy atom. The van der Waals surface area contributed by atoms with Crippen molar-refractivity contribution >= 4 is 28.9 Å². The molecule has 2 aromatic rings. The summed E-state index contributed by atoms with van der Waals surface area (Å²) in [5, 5.41) is 0. The molecule has 0 aliphatic carbocycles. The molecule has 1 aromatic carbocycles. The molecule has 0 atom stereocenters. The van der Waals surface area contributed by atoms with Gasteiger partial charge in [0, 0.05) is 17.1 Å². The zero-order chi connectivity index (χ0) is 14.8. The number of benzene rings is 1. The van der Waals surface area contributed by atoms with Crippen molar-refractivity contribution in [2.45, 2.75) is 13.3 Å². The third-order valence-corrected chi connectivity index (χ3v) is 4.44. The first-order chi connectivity index (χ1) is 10.1. The van der Waals surface area contributed by atoms with Crippen molar-refractivity contribution in [2.24, 2.45) is 0 Å². The smallest absolute Gasteiger partial charge is 0.348 e. The lowest BCUT2D eigenvalue weighted by Crippen LogP contribution is -2.33. The molecule has 0 radical (unpaired) electrons. The highest BCUT2D eigenvalue weighted by atomic mass is 32.1. The number of rotatable bonds is 3. The summed E-state index contributed by atoms with van der Waals surface area (Å²) in [5.74, 6) is -0.615. The topological polar surface area (TPSA) is 46.6 Å². The molecule has 21 heavy (non-hydrogen) atoms. The maximum Gasteiger partial charge on any atom is 0.348 e. The summed E-state index contributed by atoms with van der Waals surface area (Å²) >= 11 is 1.37. The van der Waals surface area contributed by atoms with Crippen molar-refractivity contribution in [1.82, 2.24) is 0 Å². The first kappa shape index (κ1) is 13.8. The number of para-hydroxylation sites is 1. The van der Waals surface area contributed by atoms with Gasteiger partial charge in [0.1, 0.15) is 4.88 Å². The van der Waals surface area contributed by atoms with Gasteiger partial charge >= 0.3 is 5.97 Å². The predicted molar refractivity (Wildman–Crippen MR) is 81.8 cm³/mol. The standard InChI is InChI=1S/C16H15NO3S/c1-11-6-7-14(21-11)16(19)20-10-15(18)17-9-8-12-4-2-3-5-13(12)17/h2-7H,8-10H2,1H3. The number of nitrogens with zero attached hydrogens (tertiary/aromatic N) is 1. The summed E-state index contributed by atoms with van der Waals surface area (Å²) < 4.78 is 5.11. The second-order valence-electron chi connectivity index (χ2n) is 4.91. The summed E-state index contributed by atoms with van der Waals surface area (Å²) in [5.41, 5.74) is 2.08. The van der Waals surface area contributed by atoms with Crippen LogP contribution in [-0.2, 0) is 16.0 Å². The zero-order valence-electron chi connectivity index (χ0n) is 11.7. The van der Waals surface area contributed by atoms with Crippen LogP contribution in [0, 0.1) is 6.92 Å². The van der Waals surface area contributed by atoms with E-state index in [0.29, 0.717) is 11.4 Å². The Kier molecular flexibility index (Phi) is 3.75. The van der Waals surface area contributed by atoms with Crippen LogP contribution in [0.15, 0.2) is 36.4 Å². The molecule has 3 rings (SSSR count). The molecule has 2 heterocycles. The van der Waals surface area contributed by atoms with E-state index >= 15 is 0 Å². The van der Waals surface area contributed by atoms with Crippen molar-refractivity contribution in [3.05, 3.63) is 51.7 Å². The Balaban J connectivity index is 1.62. The second kappa shape index (κ2) is 5.69. The Hall–Kier alpha value is -2.14. The first-order valence-corrected chi connectivity index (χ1v) is 7.58. The summed E-state index contributed by atoms with van der Waals surface area (Å²) in [6.07, 6.45) is 0.847. The van der Waals surface area contributed by atoms with Crippen molar-refractivity contribution in [3.8, 4) is 0 Å². The highest BCUT2D eigenvalue weighted by Gasteiger charge is 2.25. The van der Waals surface area contributed by atoms with Crippen LogP contribution in [-0.4, -0.2) is 25.0 Å².